The Morgan fingerprint density at radius 3 is 2.32 bits per heavy atom. The molecule has 31 heavy (non-hydrogen) atoms. The zero-order valence-corrected chi connectivity index (χ0v) is 19.4. The van der Waals surface area contributed by atoms with Crippen molar-refractivity contribution < 1.29 is 26.6 Å². The van der Waals surface area contributed by atoms with Crippen LogP contribution in [-0.4, -0.2) is 41.5 Å². The molecule has 0 radical (unpaired) electrons. The second-order valence-corrected chi connectivity index (χ2v) is 7.54. The Labute approximate surface area is 187 Å². The van der Waals surface area contributed by atoms with E-state index in [2.05, 4.69) is 11.9 Å². The van der Waals surface area contributed by atoms with Gasteiger partial charge in [-0.1, -0.05) is 52.4 Å². The summed E-state index contributed by atoms with van der Waals surface area (Å²) >= 11 is 0. The van der Waals surface area contributed by atoms with Crippen LogP contribution >= 0.6 is 0 Å². The van der Waals surface area contributed by atoms with Crippen molar-refractivity contribution in [3.63, 3.8) is 0 Å². The quantitative estimate of drug-likeness (QED) is 0.274. The summed E-state index contributed by atoms with van der Waals surface area (Å²) in [5.74, 6) is 2.21. The molecule has 0 spiro atoms. The standard InChI is InChI=1S/C15H23N3O4.C8H16.H2O.H2/c1-4-12(14(20)9(2)16)22-10-5-6-11(13(7-10)21-3)15(17)18-8-19;1-2-8-6-4-3-5-7-8;;/h5-7,12,19-20H,4,8,16H2,1-3H3,(H2,17,18);8H,2-7H2,1H3;1H2;1H/b14-9-;;;. The average molecular weight is 442 g/mol. The van der Waals surface area contributed by atoms with Crippen LogP contribution in [0.1, 0.15) is 72.7 Å². The van der Waals surface area contributed by atoms with Gasteiger partial charge in [0.2, 0.25) is 0 Å². The third kappa shape index (κ3) is 9.48. The molecule has 1 aromatic rings. The number of hydrogen-bond acceptors (Lipinski definition) is 6. The zero-order valence-electron chi connectivity index (χ0n) is 19.4. The topological polar surface area (TPSA) is 155 Å². The van der Waals surface area contributed by atoms with E-state index in [1.165, 1.54) is 45.6 Å². The number of aliphatic imine (C=N–C) groups is 1. The lowest BCUT2D eigenvalue weighted by molar-refractivity contribution is 0.168. The van der Waals surface area contributed by atoms with E-state index in [1.807, 2.05) is 6.92 Å². The Bertz CT molecular complexity index is 703. The van der Waals surface area contributed by atoms with Crippen LogP contribution in [0.3, 0.4) is 0 Å². The minimum Gasteiger partial charge on any atom is -0.507 e. The van der Waals surface area contributed by atoms with Gasteiger partial charge in [-0.15, -0.1) is 0 Å². The molecule has 0 saturated heterocycles. The largest absolute Gasteiger partial charge is 0.507 e. The first kappa shape index (κ1) is 28.5. The Morgan fingerprint density at radius 2 is 1.87 bits per heavy atom. The minimum absolute atomic E-state index is 0. The number of methoxy groups -OCH3 is 1. The fraction of sp³-hybridized carbons (Fsp3) is 0.609. The molecule has 1 fully saturated rings. The van der Waals surface area contributed by atoms with Crippen molar-refractivity contribution in [2.24, 2.45) is 22.4 Å². The van der Waals surface area contributed by atoms with E-state index >= 15 is 0 Å². The normalized spacial score (nSPS) is 16.2. The Hall–Kier alpha value is -2.45. The van der Waals surface area contributed by atoms with Gasteiger partial charge in [-0.25, -0.2) is 4.99 Å². The molecule has 1 atom stereocenters. The molecule has 1 unspecified atom stereocenters. The van der Waals surface area contributed by atoms with Gasteiger partial charge >= 0.3 is 0 Å². The Kier molecular flexibility index (Phi) is 14.2. The molecule has 1 aromatic carbocycles. The highest BCUT2D eigenvalue weighted by Crippen LogP contribution is 2.27. The lowest BCUT2D eigenvalue weighted by Crippen LogP contribution is -2.21. The van der Waals surface area contributed by atoms with Crippen molar-refractivity contribution >= 4 is 5.84 Å². The van der Waals surface area contributed by atoms with Crippen molar-refractivity contribution in [3.05, 3.63) is 35.2 Å². The molecule has 0 heterocycles. The molecule has 8 nitrogen and oxygen atoms in total. The second kappa shape index (κ2) is 15.4. The van der Waals surface area contributed by atoms with Crippen molar-refractivity contribution in [1.82, 2.24) is 0 Å². The third-order valence-electron chi connectivity index (χ3n) is 5.35. The maximum absolute atomic E-state index is 9.92. The first-order valence-corrected chi connectivity index (χ1v) is 10.8. The molecule has 0 aromatic heterocycles. The number of benzene rings is 1. The molecule has 0 bridgehead atoms. The molecule has 1 aliphatic carbocycles. The fourth-order valence-corrected chi connectivity index (χ4v) is 3.46. The number of allylic oxidation sites excluding steroid dienone is 1. The van der Waals surface area contributed by atoms with Crippen molar-refractivity contribution in [2.45, 2.75) is 71.8 Å². The highest BCUT2D eigenvalue weighted by molar-refractivity contribution is 6.00. The second-order valence-electron chi connectivity index (χ2n) is 7.54. The van der Waals surface area contributed by atoms with Gasteiger partial charge in [0.1, 0.15) is 24.1 Å². The van der Waals surface area contributed by atoms with Gasteiger partial charge in [-0.3, -0.25) is 0 Å². The fourth-order valence-electron chi connectivity index (χ4n) is 3.46. The number of amidine groups is 1. The minimum atomic E-state index is -0.538. The number of aliphatic hydroxyl groups is 2. The number of nitrogens with two attached hydrogens (primary N) is 2. The molecule has 2 rings (SSSR count). The molecule has 180 valence electrons. The number of ether oxygens (including phenoxy) is 2. The predicted molar refractivity (Wildman–Crippen MR) is 128 cm³/mol. The van der Waals surface area contributed by atoms with Crippen LogP contribution in [0.5, 0.6) is 11.5 Å². The van der Waals surface area contributed by atoms with Gasteiger partial charge in [0.25, 0.3) is 0 Å². The van der Waals surface area contributed by atoms with Crippen LogP contribution in [0, 0.1) is 5.92 Å². The number of nitrogens with zero attached hydrogens (tertiary/aromatic N) is 1. The van der Waals surface area contributed by atoms with E-state index in [0.29, 0.717) is 29.2 Å². The van der Waals surface area contributed by atoms with E-state index in [4.69, 9.17) is 26.0 Å². The Morgan fingerprint density at radius 1 is 1.23 bits per heavy atom. The van der Waals surface area contributed by atoms with Crippen LogP contribution < -0.4 is 20.9 Å². The van der Waals surface area contributed by atoms with Crippen LogP contribution in [0.2, 0.25) is 0 Å². The summed E-state index contributed by atoms with van der Waals surface area (Å²) in [5.41, 5.74) is 12.2. The lowest BCUT2D eigenvalue weighted by Gasteiger charge is -2.19. The average Bonchev–Trinajstić information content (AvgIpc) is 2.77. The smallest absolute Gasteiger partial charge is 0.157 e. The molecule has 8 N–H and O–H groups in total. The number of aliphatic hydroxyl groups excluding tert-OH is 2. The SMILES string of the molecule is CCC(Oc1ccc(/C(N)=N/CO)c(OC)c1)/C(O)=C(\C)N.CCC1CCCCC1.O.[HH]. The van der Waals surface area contributed by atoms with E-state index in [9.17, 15) is 5.11 Å². The number of rotatable bonds is 8. The summed E-state index contributed by atoms with van der Waals surface area (Å²) in [6.07, 6.45) is 8.95. The van der Waals surface area contributed by atoms with Gasteiger partial charge in [0, 0.05) is 13.2 Å². The molecule has 8 heteroatoms. The predicted octanol–water partition coefficient (Wildman–Crippen LogP) is 3.65. The lowest BCUT2D eigenvalue weighted by atomic mass is 9.88. The molecule has 1 aliphatic rings. The molecular weight excluding hydrogens is 398 g/mol. The van der Waals surface area contributed by atoms with Crippen LogP contribution in [-0.2, 0) is 0 Å². The molecular formula is C23H43N3O5. The zero-order chi connectivity index (χ0) is 22.5. The van der Waals surface area contributed by atoms with E-state index in [-0.39, 0.29) is 18.5 Å². The van der Waals surface area contributed by atoms with Crippen molar-refractivity contribution in [3.8, 4) is 11.5 Å². The van der Waals surface area contributed by atoms with Crippen molar-refractivity contribution in [1.29, 1.82) is 0 Å². The third-order valence-corrected chi connectivity index (χ3v) is 5.35. The molecule has 1 saturated carbocycles. The monoisotopic (exact) mass is 441 g/mol. The van der Waals surface area contributed by atoms with Gasteiger partial charge < -0.3 is 36.6 Å². The van der Waals surface area contributed by atoms with Gasteiger partial charge in [0.15, 0.2) is 11.9 Å². The van der Waals surface area contributed by atoms with E-state index in [0.717, 1.165) is 5.92 Å². The summed E-state index contributed by atoms with van der Waals surface area (Å²) in [5, 5.41) is 18.7. The summed E-state index contributed by atoms with van der Waals surface area (Å²) < 4.78 is 11.0. The molecule has 0 aliphatic heterocycles. The van der Waals surface area contributed by atoms with Gasteiger partial charge in [0.05, 0.1) is 12.7 Å². The van der Waals surface area contributed by atoms with Gasteiger partial charge in [-0.2, -0.15) is 0 Å². The maximum Gasteiger partial charge on any atom is 0.157 e. The highest BCUT2D eigenvalue weighted by Gasteiger charge is 2.17. The Balaban J connectivity index is 0. The van der Waals surface area contributed by atoms with Crippen LogP contribution in [0.15, 0.2) is 34.6 Å². The highest BCUT2D eigenvalue weighted by atomic mass is 16.5. The summed E-state index contributed by atoms with van der Waals surface area (Å²) in [6.45, 7) is 5.40. The maximum atomic E-state index is 9.92. The summed E-state index contributed by atoms with van der Waals surface area (Å²) in [7, 11) is 1.49. The number of hydrogen-bond donors (Lipinski definition) is 4. The van der Waals surface area contributed by atoms with E-state index in [1.54, 1.807) is 25.1 Å². The van der Waals surface area contributed by atoms with E-state index < -0.39 is 12.8 Å². The summed E-state index contributed by atoms with van der Waals surface area (Å²) in [4.78, 5) is 3.73. The first-order valence-electron chi connectivity index (χ1n) is 10.8. The molecule has 0 amide bonds. The van der Waals surface area contributed by atoms with Crippen LogP contribution in [0.4, 0.5) is 0 Å². The summed E-state index contributed by atoms with van der Waals surface area (Å²) in [6, 6.07) is 4.99. The van der Waals surface area contributed by atoms with Crippen molar-refractivity contribution in [2.75, 3.05) is 13.8 Å². The first-order chi connectivity index (χ1) is 14.4. The van der Waals surface area contributed by atoms with Gasteiger partial charge in [-0.05, 0) is 31.4 Å². The van der Waals surface area contributed by atoms with Crippen LogP contribution in [0.25, 0.3) is 0 Å².